The van der Waals surface area contributed by atoms with Gasteiger partial charge in [-0.2, -0.15) is 5.26 Å². The number of hydrogen-bond donors (Lipinski definition) is 1. The van der Waals surface area contributed by atoms with E-state index in [1.165, 1.54) is 6.07 Å². The largest absolute Gasteiger partial charge is 0.368 e. The van der Waals surface area contributed by atoms with E-state index < -0.39 is 17.8 Å². The maximum Gasteiger partial charge on any atom is 0.235 e. The van der Waals surface area contributed by atoms with Crippen LogP contribution in [0.1, 0.15) is 22.3 Å². The van der Waals surface area contributed by atoms with Gasteiger partial charge in [0, 0.05) is 18.7 Å². The van der Waals surface area contributed by atoms with E-state index in [1.807, 2.05) is 35.2 Å². The second-order valence-corrected chi connectivity index (χ2v) is 5.71. The normalized spacial score (nSPS) is 17.3. The molecule has 1 atom stereocenters. The molecule has 0 fully saturated rings. The number of hydrogen-bond acceptors (Lipinski definition) is 3. The van der Waals surface area contributed by atoms with Crippen LogP contribution in [0, 0.1) is 17.1 Å². The van der Waals surface area contributed by atoms with E-state index in [0.717, 1.165) is 11.1 Å². The number of nitrogens with two attached hydrogens (primary N) is 1. The minimum absolute atomic E-state index is 0.277. The second-order valence-electron chi connectivity index (χ2n) is 5.71. The molecule has 23 heavy (non-hydrogen) atoms. The highest BCUT2D eigenvalue weighted by molar-refractivity contribution is 5.80. The van der Waals surface area contributed by atoms with Crippen molar-refractivity contribution >= 4 is 5.91 Å². The van der Waals surface area contributed by atoms with E-state index in [2.05, 4.69) is 0 Å². The number of fused-ring (bicyclic) bond motifs is 1. The standard InChI is InChI=1S/C18H16FN3O/c19-16-7-12(9-20)5-6-15(16)11-22-10-14-4-2-1-3-13(14)8-17(22)18(21)23/h1-7,17H,8,10-11H2,(H2,21,23)/t17-/m0/s1. The summed E-state index contributed by atoms with van der Waals surface area (Å²) < 4.78 is 14.1. The summed E-state index contributed by atoms with van der Waals surface area (Å²) in [6.07, 6.45) is 0.531. The minimum Gasteiger partial charge on any atom is -0.368 e. The molecule has 0 bridgehead atoms. The highest BCUT2D eigenvalue weighted by Gasteiger charge is 2.30. The molecule has 0 saturated heterocycles. The topological polar surface area (TPSA) is 70.1 Å². The first-order chi connectivity index (χ1) is 11.1. The number of rotatable bonds is 3. The van der Waals surface area contributed by atoms with Crippen molar-refractivity contribution in [3.63, 3.8) is 0 Å². The number of benzene rings is 2. The van der Waals surface area contributed by atoms with Gasteiger partial charge in [-0.05, 0) is 29.7 Å². The number of primary amides is 1. The zero-order valence-corrected chi connectivity index (χ0v) is 12.5. The van der Waals surface area contributed by atoms with Crippen LogP contribution in [0.2, 0.25) is 0 Å². The molecule has 0 spiro atoms. The number of halogens is 1. The van der Waals surface area contributed by atoms with Crippen LogP contribution in [0.5, 0.6) is 0 Å². The Morgan fingerprint density at radius 2 is 2.04 bits per heavy atom. The van der Waals surface area contributed by atoms with E-state index >= 15 is 0 Å². The first-order valence-electron chi connectivity index (χ1n) is 7.37. The van der Waals surface area contributed by atoms with Gasteiger partial charge in [0.25, 0.3) is 0 Å². The Morgan fingerprint density at radius 1 is 1.30 bits per heavy atom. The SMILES string of the molecule is N#Cc1ccc(CN2Cc3ccccc3C[C@H]2C(N)=O)c(F)c1. The fraction of sp³-hybridized carbons (Fsp3) is 0.222. The lowest BCUT2D eigenvalue weighted by atomic mass is 9.93. The van der Waals surface area contributed by atoms with E-state index in [4.69, 9.17) is 11.0 Å². The molecule has 4 nitrogen and oxygen atoms in total. The van der Waals surface area contributed by atoms with E-state index in [0.29, 0.717) is 18.5 Å². The zero-order chi connectivity index (χ0) is 16.4. The number of nitrogens with zero attached hydrogens (tertiary/aromatic N) is 2. The zero-order valence-electron chi connectivity index (χ0n) is 12.5. The maximum atomic E-state index is 14.1. The Bertz CT molecular complexity index is 797. The smallest absolute Gasteiger partial charge is 0.235 e. The first-order valence-corrected chi connectivity index (χ1v) is 7.37. The summed E-state index contributed by atoms with van der Waals surface area (Å²) in [4.78, 5) is 13.7. The lowest BCUT2D eigenvalue weighted by Gasteiger charge is -2.35. The van der Waals surface area contributed by atoms with Crippen molar-refractivity contribution in [3.05, 3.63) is 70.5 Å². The fourth-order valence-electron chi connectivity index (χ4n) is 2.99. The summed E-state index contributed by atoms with van der Waals surface area (Å²) in [6.45, 7) is 0.822. The summed E-state index contributed by atoms with van der Waals surface area (Å²) in [5.74, 6) is -0.848. The van der Waals surface area contributed by atoms with Gasteiger partial charge in [-0.15, -0.1) is 0 Å². The van der Waals surface area contributed by atoms with Gasteiger partial charge in [0.15, 0.2) is 0 Å². The molecule has 2 N–H and O–H groups in total. The molecule has 1 heterocycles. The molecule has 5 heteroatoms. The fourth-order valence-corrected chi connectivity index (χ4v) is 2.99. The van der Waals surface area contributed by atoms with E-state index in [9.17, 15) is 9.18 Å². The highest BCUT2D eigenvalue weighted by atomic mass is 19.1. The lowest BCUT2D eigenvalue weighted by molar-refractivity contribution is -0.124. The highest BCUT2D eigenvalue weighted by Crippen LogP contribution is 2.25. The van der Waals surface area contributed by atoms with Crippen molar-refractivity contribution in [2.75, 3.05) is 0 Å². The van der Waals surface area contributed by atoms with Gasteiger partial charge in [0.05, 0.1) is 17.7 Å². The number of carbonyl (C=O) groups is 1. The molecule has 116 valence electrons. The Hall–Kier alpha value is -2.71. The number of amides is 1. The van der Waals surface area contributed by atoms with Gasteiger partial charge >= 0.3 is 0 Å². The van der Waals surface area contributed by atoms with Crippen molar-refractivity contribution in [1.29, 1.82) is 5.26 Å². The number of nitriles is 1. The van der Waals surface area contributed by atoms with Crippen LogP contribution in [0.4, 0.5) is 4.39 Å². The van der Waals surface area contributed by atoms with Crippen LogP contribution in [-0.4, -0.2) is 16.8 Å². The summed E-state index contributed by atoms with van der Waals surface area (Å²) in [6, 6.07) is 13.7. The molecule has 3 rings (SSSR count). The van der Waals surface area contributed by atoms with Gasteiger partial charge in [0.2, 0.25) is 5.91 Å². The molecular formula is C18H16FN3O. The molecule has 0 aliphatic carbocycles. The molecule has 0 saturated carbocycles. The molecule has 1 aliphatic rings. The molecule has 2 aromatic carbocycles. The van der Waals surface area contributed by atoms with E-state index in [-0.39, 0.29) is 12.1 Å². The van der Waals surface area contributed by atoms with Crippen LogP contribution in [0.15, 0.2) is 42.5 Å². The summed E-state index contributed by atoms with van der Waals surface area (Å²) in [5.41, 5.74) is 8.50. The second kappa shape index (κ2) is 6.19. The minimum atomic E-state index is -0.458. The molecular weight excluding hydrogens is 293 g/mol. The summed E-state index contributed by atoms with van der Waals surface area (Å²) in [5, 5.41) is 8.81. The van der Waals surface area contributed by atoms with Crippen molar-refractivity contribution in [3.8, 4) is 6.07 Å². The molecule has 2 aromatic rings. The Labute approximate surface area is 133 Å². The molecule has 1 aliphatic heterocycles. The Kier molecular flexibility index (Phi) is 4.09. The van der Waals surface area contributed by atoms with Gasteiger partial charge in [-0.1, -0.05) is 30.3 Å². The third-order valence-corrected chi connectivity index (χ3v) is 4.23. The van der Waals surface area contributed by atoms with Crippen molar-refractivity contribution in [2.24, 2.45) is 5.73 Å². The monoisotopic (exact) mass is 309 g/mol. The predicted octanol–water partition coefficient (Wildman–Crippen LogP) is 2.11. The molecule has 0 unspecified atom stereocenters. The summed E-state index contributed by atoms with van der Waals surface area (Å²) >= 11 is 0. The van der Waals surface area contributed by atoms with Gasteiger partial charge in [0.1, 0.15) is 5.82 Å². The molecule has 1 amide bonds. The number of carbonyl (C=O) groups excluding carboxylic acids is 1. The molecule has 0 aromatic heterocycles. The maximum absolute atomic E-state index is 14.1. The third kappa shape index (κ3) is 3.08. The quantitative estimate of drug-likeness (QED) is 0.944. The average molecular weight is 309 g/mol. The Balaban J connectivity index is 1.89. The third-order valence-electron chi connectivity index (χ3n) is 4.23. The van der Waals surface area contributed by atoms with Crippen LogP contribution in [-0.2, 0) is 24.3 Å². The van der Waals surface area contributed by atoms with Crippen LogP contribution < -0.4 is 5.73 Å². The van der Waals surface area contributed by atoms with Gasteiger partial charge < -0.3 is 5.73 Å². The van der Waals surface area contributed by atoms with Crippen LogP contribution >= 0.6 is 0 Å². The van der Waals surface area contributed by atoms with Gasteiger partial charge in [-0.3, -0.25) is 9.69 Å². The van der Waals surface area contributed by atoms with E-state index in [1.54, 1.807) is 12.1 Å². The first kappa shape index (κ1) is 15.2. The summed E-state index contributed by atoms with van der Waals surface area (Å²) in [7, 11) is 0. The average Bonchev–Trinajstić information content (AvgIpc) is 2.55. The van der Waals surface area contributed by atoms with Crippen LogP contribution in [0.3, 0.4) is 0 Å². The van der Waals surface area contributed by atoms with Crippen molar-refractivity contribution < 1.29 is 9.18 Å². The van der Waals surface area contributed by atoms with Crippen LogP contribution in [0.25, 0.3) is 0 Å². The van der Waals surface area contributed by atoms with Gasteiger partial charge in [-0.25, -0.2) is 4.39 Å². The lowest BCUT2D eigenvalue weighted by Crippen LogP contribution is -2.48. The Morgan fingerprint density at radius 3 is 2.70 bits per heavy atom. The predicted molar refractivity (Wildman–Crippen MR) is 83.5 cm³/mol. The van der Waals surface area contributed by atoms with Crippen molar-refractivity contribution in [1.82, 2.24) is 4.90 Å². The van der Waals surface area contributed by atoms with Crippen molar-refractivity contribution in [2.45, 2.75) is 25.6 Å². The molecule has 0 radical (unpaired) electrons.